The van der Waals surface area contributed by atoms with Crippen molar-refractivity contribution in [2.75, 3.05) is 0 Å². The van der Waals surface area contributed by atoms with Crippen LogP contribution >= 0.6 is 0 Å². The molecular formula is C50H33N3. The minimum absolute atomic E-state index is 0.152. The Balaban J connectivity index is 1.21. The average Bonchev–Trinajstić information content (AvgIpc) is 3.79. The molecule has 0 bridgehead atoms. The molecule has 7 aromatic carbocycles. The van der Waals surface area contributed by atoms with Crippen molar-refractivity contribution in [3.63, 3.8) is 0 Å². The molecule has 0 saturated carbocycles. The fourth-order valence-corrected chi connectivity index (χ4v) is 10.1. The van der Waals surface area contributed by atoms with E-state index in [0.717, 1.165) is 47.5 Å². The van der Waals surface area contributed by atoms with Crippen LogP contribution in [0.2, 0.25) is 0 Å². The number of hydrogen-bond donors (Lipinski definition) is 0. The van der Waals surface area contributed by atoms with Crippen molar-refractivity contribution in [3.8, 4) is 11.1 Å². The van der Waals surface area contributed by atoms with Crippen LogP contribution in [-0.2, 0) is 6.42 Å². The summed E-state index contributed by atoms with van der Waals surface area (Å²) in [4.78, 5) is 9.83. The molecule has 9 aromatic rings. The molecule has 3 aliphatic carbocycles. The van der Waals surface area contributed by atoms with E-state index >= 15 is 0 Å². The molecule has 248 valence electrons. The lowest BCUT2D eigenvalue weighted by atomic mass is 9.79. The van der Waals surface area contributed by atoms with Crippen molar-refractivity contribution in [1.29, 1.82) is 0 Å². The third kappa shape index (κ3) is 3.84. The molecule has 3 aliphatic rings. The van der Waals surface area contributed by atoms with E-state index < -0.39 is 0 Å². The Labute approximate surface area is 306 Å². The van der Waals surface area contributed by atoms with Crippen LogP contribution in [0, 0.1) is 0 Å². The van der Waals surface area contributed by atoms with E-state index in [2.05, 4.69) is 162 Å². The average molecular weight is 676 g/mol. The number of hydrogen-bond acceptors (Lipinski definition) is 2. The number of allylic oxidation sites excluding steroid dienone is 4. The molecule has 12 rings (SSSR count). The van der Waals surface area contributed by atoms with E-state index in [-0.39, 0.29) is 5.92 Å². The highest BCUT2D eigenvalue weighted by Crippen LogP contribution is 2.54. The molecule has 0 saturated heterocycles. The molecule has 3 heteroatoms. The first-order chi connectivity index (χ1) is 26.3. The highest BCUT2D eigenvalue weighted by Gasteiger charge is 2.34. The summed E-state index contributed by atoms with van der Waals surface area (Å²) in [6.45, 7) is 4.04. The standard InChI is InChI=1S/C50H33N3/c1-51-48-39-27-26-33(35-18-11-19-38(45(35)39)49(48)52-31-13-3-2-4-14-31)36-25-24-30-23-22-29-12-5-6-15-32(29)44(30)41-28-40-34-16-7-9-20-42(34)53-43-21-10-8-17-37(43)47(46(36)41)50(40)53/h2-13,15-23,26-28,36H,1,14,24-25H2. The molecule has 2 heterocycles. The second-order valence-electron chi connectivity index (χ2n) is 14.8. The molecule has 0 spiro atoms. The summed E-state index contributed by atoms with van der Waals surface area (Å²) >= 11 is 0. The summed E-state index contributed by atoms with van der Waals surface area (Å²) < 4.78 is 2.53. The fourth-order valence-electron chi connectivity index (χ4n) is 10.1. The second-order valence-corrected chi connectivity index (χ2v) is 14.8. The van der Waals surface area contributed by atoms with E-state index in [1.165, 1.54) is 87.5 Å². The van der Waals surface area contributed by atoms with E-state index in [0.29, 0.717) is 0 Å². The van der Waals surface area contributed by atoms with Gasteiger partial charge in [-0.05, 0) is 87.8 Å². The largest absolute Gasteiger partial charge is 0.308 e. The molecule has 0 radical (unpaired) electrons. The zero-order valence-electron chi connectivity index (χ0n) is 29.1. The Morgan fingerprint density at radius 3 is 2.25 bits per heavy atom. The van der Waals surface area contributed by atoms with Crippen LogP contribution in [0.15, 0.2) is 156 Å². The summed E-state index contributed by atoms with van der Waals surface area (Å²) in [6, 6.07) is 45.7. The minimum atomic E-state index is 0.152. The van der Waals surface area contributed by atoms with Crippen LogP contribution in [0.3, 0.4) is 0 Å². The van der Waals surface area contributed by atoms with Crippen LogP contribution in [0.4, 0.5) is 0 Å². The van der Waals surface area contributed by atoms with Crippen molar-refractivity contribution in [2.24, 2.45) is 9.98 Å². The van der Waals surface area contributed by atoms with Gasteiger partial charge in [0.1, 0.15) is 0 Å². The number of benzene rings is 7. The minimum Gasteiger partial charge on any atom is -0.308 e. The van der Waals surface area contributed by atoms with Gasteiger partial charge in [-0.1, -0.05) is 121 Å². The van der Waals surface area contributed by atoms with Gasteiger partial charge in [0.15, 0.2) is 0 Å². The molecule has 53 heavy (non-hydrogen) atoms. The maximum absolute atomic E-state index is 5.21. The summed E-state index contributed by atoms with van der Waals surface area (Å²) in [5, 5.41) is 10.5. The maximum Gasteiger partial charge on any atom is 0.0974 e. The quantitative estimate of drug-likeness (QED) is 0.167. The van der Waals surface area contributed by atoms with Crippen LogP contribution in [-0.4, -0.2) is 16.8 Å². The Kier molecular flexibility index (Phi) is 5.88. The molecular weight excluding hydrogens is 643 g/mol. The zero-order valence-corrected chi connectivity index (χ0v) is 29.1. The molecule has 0 fully saturated rings. The van der Waals surface area contributed by atoms with E-state index in [9.17, 15) is 0 Å². The second kappa shape index (κ2) is 10.7. The molecule has 0 amide bonds. The monoisotopic (exact) mass is 675 g/mol. The number of aromatic nitrogens is 1. The number of para-hydroxylation sites is 2. The van der Waals surface area contributed by atoms with E-state index in [1.54, 1.807) is 0 Å². The van der Waals surface area contributed by atoms with Gasteiger partial charge in [-0.25, -0.2) is 0 Å². The predicted octanol–water partition coefficient (Wildman–Crippen LogP) is 12.7. The van der Waals surface area contributed by atoms with Crippen LogP contribution in [0.1, 0.15) is 46.6 Å². The molecule has 0 N–H and O–H groups in total. The molecule has 1 atom stereocenters. The third-order valence-corrected chi connectivity index (χ3v) is 12.2. The number of rotatable bonds is 3. The van der Waals surface area contributed by atoms with Gasteiger partial charge in [0.2, 0.25) is 0 Å². The van der Waals surface area contributed by atoms with Gasteiger partial charge in [0.25, 0.3) is 0 Å². The van der Waals surface area contributed by atoms with Crippen molar-refractivity contribution in [3.05, 3.63) is 173 Å². The number of fused-ring (bicyclic) bond motifs is 12. The lowest BCUT2D eigenvalue weighted by Gasteiger charge is -2.23. The molecule has 0 aliphatic heterocycles. The van der Waals surface area contributed by atoms with Crippen molar-refractivity contribution >= 4 is 83.5 Å². The van der Waals surface area contributed by atoms with Gasteiger partial charge in [0, 0.05) is 56.1 Å². The van der Waals surface area contributed by atoms with Gasteiger partial charge in [0.05, 0.1) is 27.9 Å². The normalized spacial score (nSPS) is 17.3. The van der Waals surface area contributed by atoms with Gasteiger partial charge >= 0.3 is 0 Å². The molecule has 3 nitrogen and oxygen atoms in total. The Morgan fingerprint density at radius 1 is 0.623 bits per heavy atom. The lowest BCUT2D eigenvalue weighted by molar-refractivity contribution is 0.735. The van der Waals surface area contributed by atoms with Gasteiger partial charge < -0.3 is 4.40 Å². The van der Waals surface area contributed by atoms with Crippen molar-refractivity contribution in [2.45, 2.75) is 25.2 Å². The number of aliphatic imine (C=N–C) groups is 2. The zero-order chi connectivity index (χ0) is 34.8. The molecule has 1 unspecified atom stereocenters. The third-order valence-electron chi connectivity index (χ3n) is 12.2. The van der Waals surface area contributed by atoms with E-state index in [1.807, 2.05) is 0 Å². The van der Waals surface area contributed by atoms with Gasteiger partial charge in [-0.2, -0.15) is 0 Å². The Hall–Kier alpha value is -6.58. The van der Waals surface area contributed by atoms with Gasteiger partial charge in [-0.15, -0.1) is 0 Å². The summed E-state index contributed by atoms with van der Waals surface area (Å²) in [5.74, 6) is 0.152. The van der Waals surface area contributed by atoms with Crippen LogP contribution in [0.25, 0.3) is 82.2 Å². The summed E-state index contributed by atoms with van der Waals surface area (Å²) in [5.41, 5.74) is 15.9. The first-order valence-corrected chi connectivity index (χ1v) is 18.7. The smallest absolute Gasteiger partial charge is 0.0974 e. The number of nitrogens with zero attached hydrogens (tertiary/aromatic N) is 3. The Bertz CT molecular complexity index is 3220. The van der Waals surface area contributed by atoms with Crippen LogP contribution in [0.5, 0.6) is 0 Å². The topological polar surface area (TPSA) is 29.1 Å². The summed E-state index contributed by atoms with van der Waals surface area (Å²) in [7, 11) is 0. The SMILES string of the molecule is C=NC1=C(N=C2C=CC=CC2)c2cccc3c(C4CCc5ccc6ccccc6c5-c5cc6c7ccccc7n7c8ccccc8c(c54)c67)ccc1c23. The van der Waals surface area contributed by atoms with Crippen LogP contribution < -0.4 is 0 Å². The molecule has 2 aromatic heterocycles. The fraction of sp³-hybridized carbons (Fsp3) is 0.0800. The van der Waals surface area contributed by atoms with Crippen molar-refractivity contribution < 1.29 is 0 Å². The van der Waals surface area contributed by atoms with E-state index in [4.69, 9.17) is 4.99 Å². The van der Waals surface area contributed by atoms with Crippen molar-refractivity contribution in [1.82, 2.24) is 4.40 Å². The highest BCUT2D eigenvalue weighted by molar-refractivity contribution is 6.27. The highest BCUT2D eigenvalue weighted by atomic mass is 14.9. The predicted molar refractivity (Wildman–Crippen MR) is 225 cm³/mol. The Morgan fingerprint density at radius 2 is 1.40 bits per heavy atom. The first kappa shape index (κ1) is 29.0. The maximum atomic E-state index is 5.21. The van der Waals surface area contributed by atoms with Gasteiger partial charge in [-0.3, -0.25) is 9.98 Å². The summed E-state index contributed by atoms with van der Waals surface area (Å²) in [6.07, 6.45) is 11.2. The first-order valence-electron chi connectivity index (χ1n) is 18.7. The lowest BCUT2D eigenvalue weighted by Crippen LogP contribution is -2.05. The number of aryl methyl sites for hydroxylation is 1.